The molecule has 0 radical (unpaired) electrons. The normalized spacial score (nSPS) is 9.91. The second-order valence-corrected chi connectivity index (χ2v) is 5.10. The summed E-state index contributed by atoms with van der Waals surface area (Å²) in [7, 11) is 1.40. The van der Waals surface area contributed by atoms with Crippen molar-refractivity contribution in [3.63, 3.8) is 0 Å². The zero-order valence-electron chi connectivity index (χ0n) is 13.1. The van der Waals surface area contributed by atoms with Gasteiger partial charge in [0, 0.05) is 6.42 Å². The highest BCUT2D eigenvalue weighted by atomic mass is 16.5. The van der Waals surface area contributed by atoms with E-state index in [0.717, 1.165) is 29.7 Å². The van der Waals surface area contributed by atoms with Gasteiger partial charge in [-0.05, 0) is 48.2 Å². The van der Waals surface area contributed by atoms with Crippen molar-refractivity contribution < 1.29 is 14.3 Å². The predicted molar refractivity (Wildman–Crippen MR) is 88.0 cm³/mol. The Morgan fingerprint density at radius 2 is 1.61 bits per heavy atom. The maximum atomic E-state index is 11.0. The molecule has 118 valence electrons. The van der Waals surface area contributed by atoms with Gasteiger partial charge in [0.15, 0.2) is 0 Å². The molecule has 2 aromatic rings. The van der Waals surface area contributed by atoms with Gasteiger partial charge >= 0.3 is 5.97 Å². The highest BCUT2D eigenvalue weighted by Crippen LogP contribution is 2.22. The Hall–Kier alpha value is -2.80. The van der Waals surface area contributed by atoms with Gasteiger partial charge in [0.1, 0.15) is 5.75 Å². The summed E-state index contributed by atoms with van der Waals surface area (Å²) in [6, 6.07) is 17.4. The topological polar surface area (TPSA) is 59.3 Å². The number of nitriles is 1. The van der Waals surface area contributed by atoms with Crippen LogP contribution in [0.5, 0.6) is 5.75 Å². The first-order chi connectivity index (χ1) is 11.2. The molecule has 2 rings (SSSR count). The average molecular weight is 309 g/mol. The van der Waals surface area contributed by atoms with Crippen molar-refractivity contribution >= 4 is 5.97 Å². The minimum Gasteiger partial charge on any atom is -0.494 e. The van der Waals surface area contributed by atoms with E-state index in [-0.39, 0.29) is 5.97 Å². The number of hydrogen-bond acceptors (Lipinski definition) is 4. The zero-order chi connectivity index (χ0) is 16.5. The Morgan fingerprint density at radius 3 is 2.17 bits per heavy atom. The van der Waals surface area contributed by atoms with Crippen molar-refractivity contribution in [2.45, 2.75) is 19.3 Å². The molecule has 0 saturated heterocycles. The van der Waals surface area contributed by atoms with Crippen LogP contribution >= 0.6 is 0 Å². The molecule has 0 atom stereocenters. The lowest BCUT2D eigenvalue weighted by Crippen LogP contribution is -2.02. The van der Waals surface area contributed by atoms with Gasteiger partial charge in [-0.15, -0.1) is 0 Å². The lowest BCUT2D eigenvalue weighted by atomic mass is 10.0. The molecular weight excluding hydrogens is 290 g/mol. The summed E-state index contributed by atoms with van der Waals surface area (Å²) in [4.78, 5) is 11.0. The van der Waals surface area contributed by atoms with Crippen molar-refractivity contribution in [3.05, 3.63) is 54.1 Å². The number of methoxy groups -OCH3 is 1. The van der Waals surface area contributed by atoms with Crippen LogP contribution < -0.4 is 4.74 Å². The van der Waals surface area contributed by atoms with Crippen molar-refractivity contribution in [2.75, 3.05) is 13.7 Å². The number of carbonyl (C=O) groups is 1. The molecule has 23 heavy (non-hydrogen) atoms. The minimum atomic E-state index is -0.184. The van der Waals surface area contributed by atoms with E-state index >= 15 is 0 Å². The van der Waals surface area contributed by atoms with Crippen LogP contribution in [0.25, 0.3) is 11.1 Å². The minimum absolute atomic E-state index is 0.184. The van der Waals surface area contributed by atoms with E-state index in [9.17, 15) is 4.79 Å². The number of nitrogens with zero attached hydrogens (tertiary/aromatic N) is 1. The summed E-state index contributed by atoms with van der Waals surface area (Å²) >= 11 is 0. The Balaban J connectivity index is 1.82. The van der Waals surface area contributed by atoms with Crippen LogP contribution in [0.15, 0.2) is 48.5 Å². The number of rotatable bonds is 7. The summed E-state index contributed by atoms with van der Waals surface area (Å²) in [5, 5.41) is 8.81. The zero-order valence-corrected chi connectivity index (χ0v) is 13.1. The van der Waals surface area contributed by atoms with Crippen LogP contribution in [0.3, 0.4) is 0 Å². The van der Waals surface area contributed by atoms with Crippen LogP contribution in [0, 0.1) is 11.3 Å². The van der Waals surface area contributed by atoms with E-state index < -0.39 is 0 Å². The number of unbranched alkanes of at least 4 members (excludes halogenated alkanes) is 1. The first kappa shape index (κ1) is 16.6. The van der Waals surface area contributed by atoms with Gasteiger partial charge in [-0.3, -0.25) is 4.79 Å². The van der Waals surface area contributed by atoms with Crippen LogP contribution in [0.2, 0.25) is 0 Å². The molecule has 0 amide bonds. The number of ether oxygens (including phenoxy) is 2. The molecule has 0 saturated carbocycles. The van der Waals surface area contributed by atoms with E-state index in [4.69, 9.17) is 10.00 Å². The molecule has 0 aliphatic carbocycles. The third-order valence-corrected chi connectivity index (χ3v) is 3.47. The highest BCUT2D eigenvalue weighted by molar-refractivity contribution is 5.69. The first-order valence-electron chi connectivity index (χ1n) is 7.53. The molecule has 0 aliphatic heterocycles. The molecule has 0 bridgehead atoms. The number of benzene rings is 2. The molecule has 4 heteroatoms. The monoisotopic (exact) mass is 309 g/mol. The maximum Gasteiger partial charge on any atom is 0.305 e. The highest BCUT2D eigenvalue weighted by Gasteiger charge is 2.01. The second kappa shape index (κ2) is 8.60. The fourth-order valence-corrected chi connectivity index (χ4v) is 2.14. The second-order valence-electron chi connectivity index (χ2n) is 5.10. The fourth-order valence-electron chi connectivity index (χ4n) is 2.14. The van der Waals surface area contributed by atoms with E-state index in [1.807, 2.05) is 36.4 Å². The van der Waals surface area contributed by atoms with Crippen LogP contribution in [0.1, 0.15) is 24.8 Å². The Kier molecular flexibility index (Phi) is 6.19. The van der Waals surface area contributed by atoms with Gasteiger partial charge in [-0.2, -0.15) is 5.26 Å². The van der Waals surface area contributed by atoms with Gasteiger partial charge < -0.3 is 9.47 Å². The largest absolute Gasteiger partial charge is 0.494 e. The molecule has 0 fully saturated rings. The van der Waals surface area contributed by atoms with E-state index in [0.29, 0.717) is 18.6 Å². The van der Waals surface area contributed by atoms with Crippen LogP contribution in [0.4, 0.5) is 0 Å². The Morgan fingerprint density at radius 1 is 1.00 bits per heavy atom. The fraction of sp³-hybridized carbons (Fsp3) is 0.263. The van der Waals surface area contributed by atoms with Crippen molar-refractivity contribution in [1.29, 1.82) is 5.26 Å². The van der Waals surface area contributed by atoms with Crippen molar-refractivity contribution in [2.24, 2.45) is 0 Å². The third-order valence-electron chi connectivity index (χ3n) is 3.47. The summed E-state index contributed by atoms with van der Waals surface area (Å²) in [6.07, 6.45) is 2.00. The molecular formula is C19H19NO3. The van der Waals surface area contributed by atoms with Crippen molar-refractivity contribution in [1.82, 2.24) is 0 Å². The van der Waals surface area contributed by atoms with E-state index in [2.05, 4.69) is 10.8 Å². The van der Waals surface area contributed by atoms with E-state index in [1.54, 1.807) is 12.1 Å². The van der Waals surface area contributed by atoms with Gasteiger partial charge in [0.05, 0.1) is 25.3 Å². The molecule has 0 aromatic heterocycles. The number of esters is 1. The quantitative estimate of drug-likeness (QED) is 0.574. The molecule has 0 unspecified atom stereocenters. The van der Waals surface area contributed by atoms with Gasteiger partial charge in [0.2, 0.25) is 0 Å². The van der Waals surface area contributed by atoms with Crippen LogP contribution in [-0.2, 0) is 9.53 Å². The Bertz CT molecular complexity index is 669. The number of carbonyl (C=O) groups excluding carboxylic acids is 1. The molecule has 0 aliphatic rings. The maximum absolute atomic E-state index is 11.0. The summed E-state index contributed by atoms with van der Waals surface area (Å²) in [5.41, 5.74) is 2.79. The predicted octanol–water partition coefficient (Wildman–Crippen LogP) is 3.95. The third kappa shape index (κ3) is 5.15. The van der Waals surface area contributed by atoms with Crippen molar-refractivity contribution in [3.8, 4) is 22.9 Å². The lowest BCUT2D eigenvalue weighted by molar-refractivity contribution is -0.140. The van der Waals surface area contributed by atoms with Gasteiger partial charge in [-0.1, -0.05) is 24.3 Å². The molecule has 0 heterocycles. The summed E-state index contributed by atoms with van der Waals surface area (Å²) in [6.45, 7) is 0.577. The summed E-state index contributed by atoms with van der Waals surface area (Å²) in [5.74, 6) is 0.622. The van der Waals surface area contributed by atoms with Crippen LogP contribution in [-0.4, -0.2) is 19.7 Å². The standard InChI is InChI=1S/C19H19NO3/c1-22-19(21)4-2-3-13-23-18-11-9-17(10-12-18)16-7-5-15(14-20)6-8-16/h5-12H,2-4,13H2,1H3. The molecule has 0 spiro atoms. The first-order valence-corrected chi connectivity index (χ1v) is 7.53. The van der Waals surface area contributed by atoms with Gasteiger partial charge in [-0.25, -0.2) is 0 Å². The van der Waals surface area contributed by atoms with E-state index in [1.165, 1.54) is 7.11 Å². The number of hydrogen-bond donors (Lipinski definition) is 0. The lowest BCUT2D eigenvalue weighted by Gasteiger charge is -2.07. The average Bonchev–Trinajstić information content (AvgIpc) is 2.62. The Labute approximate surface area is 136 Å². The van der Waals surface area contributed by atoms with Gasteiger partial charge in [0.25, 0.3) is 0 Å². The summed E-state index contributed by atoms with van der Waals surface area (Å²) < 4.78 is 10.2. The SMILES string of the molecule is COC(=O)CCCCOc1ccc(-c2ccc(C#N)cc2)cc1. The molecule has 4 nitrogen and oxygen atoms in total. The smallest absolute Gasteiger partial charge is 0.305 e. The molecule has 0 N–H and O–H groups in total. The molecule has 2 aromatic carbocycles.